The van der Waals surface area contributed by atoms with Crippen molar-refractivity contribution in [3.63, 3.8) is 0 Å². The molecule has 78 valence electrons. The highest BCUT2D eigenvalue weighted by Gasteiger charge is 2.05. The molecule has 0 aromatic rings. The van der Waals surface area contributed by atoms with Crippen LogP contribution in [0.3, 0.4) is 0 Å². The van der Waals surface area contributed by atoms with Crippen LogP contribution in [-0.4, -0.2) is 44.5 Å². The molecule has 0 aromatic carbocycles. The highest BCUT2D eigenvalue weighted by Crippen LogP contribution is 1.98. The molecule has 0 radical (unpaired) electrons. The Morgan fingerprint density at radius 2 is 2.08 bits per heavy atom. The van der Waals surface area contributed by atoms with Crippen LogP contribution < -0.4 is 0 Å². The van der Waals surface area contributed by atoms with Gasteiger partial charge in [-0.25, -0.2) is 0 Å². The molecule has 0 aliphatic rings. The zero-order valence-electron chi connectivity index (χ0n) is 8.95. The fraction of sp³-hybridized carbons (Fsp3) is 0.900. The van der Waals surface area contributed by atoms with Crippen molar-refractivity contribution < 1.29 is 9.53 Å². The number of hydrogen-bond acceptors (Lipinski definition) is 3. The van der Waals surface area contributed by atoms with Gasteiger partial charge in [-0.05, 0) is 5.92 Å². The summed E-state index contributed by atoms with van der Waals surface area (Å²) in [4.78, 5) is 12.5. The first kappa shape index (κ1) is 12.6. The van der Waals surface area contributed by atoms with Crippen molar-refractivity contribution in [2.75, 3.05) is 33.4 Å². The molecule has 0 amide bonds. The molecule has 3 heteroatoms. The molecule has 0 N–H and O–H groups in total. The normalized spacial score (nSPS) is 11.2. The van der Waals surface area contributed by atoms with E-state index >= 15 is 0 Å². The number of ether oxygens (including phenoxy) is 1. The van der Waals surface area contributed by atoms with Gasteiger partial charge < -0.3 is 14.4 Å². The summed E-state index contributed by atoms with van der Waals surface area (Å²) in [6.45, 7) is 7.91. The lowest BCUT2D eigenvalue weighted by atomic mass is 10.2. The second kappa shape index (κ2) is 8.20. The predicted octanol–water partition coefficient (Wildman–Crippen LogP) is 1.18. The molecule has 0 bridgehead atoms. The van der Waals surface area contributed by atoms with Crippen molar-refractivity contribution in [3.05, 3.63) is 0 Å². The first-order valence-electron chi connectivity index (χ1n) is 4.85. The van der Waals surface area contributed by atoms with Gasteiger partial charge in [-0.2, -0.15) is 0 Å². The summed E-state index contributed by atoms with van der Waals surface area (Å²) in [5.74, 6) is 0.642. The zero-order valence-corrected chi connectivity index (χ0v) is 8.95. The van der Waals surface area contributed by atoms with Gasteiger partial charge in [0.2, 0.25) is 0 Å². The van der Waals surface area contributed by atoms with E-state index in [0.29, 0.717) is 12.3 Å². The minimum absolute atomic E-state index is 0.621. The van der Waals surface area contributed by atoms with E-state index in [1.807, 2.05) is 0 Å². The Kier molecular flexibility index (Phi) is 7.94. The maximum atomic E-state index is 10.2. The number of methoxy groups -OCH3 is 1. The summed E-state index contributed by atoms with van der Waals surface area (Å²) >= 11 is 0. The van der Waals surface area contributed by atoms with E-state index in [1.54, 1.807) is 7.11 Å². The minimum atomic E-state index is 0.621. The van der Waals surface area contributed by atoms with Gasteiger partial charge in [0.05, 0.1) is 6.61 Å². The van der Waals surface area contributed by atoms with Gasteiger partial charge in [0.25, 0.3) is 0 Å². The molecule has 0 aliphatic carbocycles. The fourth-order valence-corrected chi connectivity index (χ4v) is 1.27. The summed E-state index contributed by atoms with van der Waals surface area (Å²) in [5, 5.41) is 0. The standard InChI is InChI=1S/C10H21NO2/c1-10(2)9-11(5-4-7-12)6-8-13-3/h7,10H,4-6,8-9H2,1-3H3. The third-order valence-electron chi connectivity index (χ3n) is 1.80. The van der Waals surface area contributed by atoms with Gasteiger partial charge >= 0.3 is 0 Å². The molecular formula is C10H21NO2. The van der Waals surface area contributed by atoms with Gasteiger partial charge in [-0.1, -0.05) is 13.8 Å². The highest BCUT2D eigenvalue weighted by molar-refractivity contribution is 5.49. The molecule has 0 spiro atoms. The summed E-state index contributed by atoms with van der Waals surface area (Å²) in [5.41, 5.74) is 0. The van der Waals surface area contributed by atoms with Gasteiger partial charge in [0, 0.05) is 33.2 Å². The molecule has 0 atom stereocenters. The molecule has 3 nitrogen and oxygen atoms in total. The molecule has 0 heterocycles. The molecule has 0 unspecified atom stereocenters. The van der Waals surface area contributed by atoms with E-state index in [1.165, 1.54) is 0 Å². The van der Waals surface area contributed by atoms with E-state index in [0.717, 1.165) is 32.5 Å². The molecule has 0 aliphatic heterocycles. The number of hydrogen-bond donors (Lipinski definition) is 0. The van der Waals surface area contributed by atoms with Crippen LogP contribution in [0.1, 0.15) is 20.3 Å². The monoisotopic (exact) mass is 187 g/mol. The van der Waals surface area contributed by atoms with E-state index in [4.69, 9.17) is 4.74 Å². The molecule has 13 heavy (non-hydrogen) atoms. The summed E-state index contributed by atoms with van der Waals surface area (Å²) in [6.07, 6.45) is 1.59. The average Bonchev–Trinajstić information content (AvgIpc) is 2.09. The summed E-state index contributed by atoms with van der Waals surface area (Å²) in [7, 11) is 1.70. The number of rotatable bonds is 8. The highest BCUT2D eigenvalue weighted by atomic mass is 16.5. The lowest BCUT2D eigenvalue weighted by Crippen LogP contribution is -2.32. The average molecular weight is 187 g/mol. The fourth-order valence-electron chi connectivity index (χ4n) is 1.27. The number of aldehydes is 1. The minimum Gasteiger partial charge on any atom is -0.383 e. The zero-order chi connectivity index (χ0) is 10.1. The van der Waals surface area contributed by atoms with Crippen LogP contribution in [0.15, 0.2) is 0 Å². The maximum Gasteiger partial charge on any atom is 0.121 e. The van der Waals surface area contributed by atoms with E-state index < -0.39 is 0 Å². The summed E-state index contributed by atoms with van der Waals surface area (Å²) in [6, 6.07) is 0. The Morgan fingerprint density at radius 3 is 2.54 bits per heavy atom. The Bertz CT molecular complexity index is 126. The number of carbonyl (C=O) groups is 1. The van der Waals surface area contributed by atoms with Crippen LogP contribution in [0.25, 0.3) is 0 Å². The van der Waals surface area contributed by atoms with Crippen LogP contribution in [-0.2, 0) is 9.53 Å². The largest absolute Gasteiger partial charge is 0.383 e. The van der Waals surface area contributed by atoms with Crippen LogP contribution in [0.4, 0.5) is 0 Å². The third kappa shape index (κ3) is 7.94. The first-order valence-corrected chi connectivity index (χ1v) is 4.85. The van der Waals surface area contributed by atoms with Gasteiger partial charge in [-0.3, -0.25) is 0 Å². The lowest BCUT2D eigenvalue weighted by molar-refractivity contribution is -0.108. The van der Waals surface area contributed by atoms with Crippen molar-refractivity contribution in [1.82, 2.24) is 4.90 Å². The van der Waals surface area contributed by atoms with Crippen LogP contribution >= 0.6 is 0 Å². The van der Waals surface area contributed by atoms with E-state index in [-0.39, 0.29) is 0 Å². The Hall–Kier alpha value is -0.410. The SMILES string of the molecule is COCCN(CCC=O)CC(C)C. The van der Waals surface area contributed by atoms with Gasteiger partial charge in [0.15, 0.2) is 0 Å². The molecule has 0 saturated carbocycles. The quantitative estimate of drug-likeness (QED) is 0.534. The number of carbonyl (C=O) groups excluding carboxylic acids is 1. The lowest BCUT2D eigenvalue weighted by Gasteiger charge is -2.22. The smallest absolute Gasteiger partial charge is 0.121 e. The third-order valence-corrected chi connectivity index (χ3v) is 1.80. The van der Waals surface area contributed by atoms with Crippen molar-refractivity contribution >= 4 is 6.29 Å². The van der Waals surface area contributed by atoms with Crippen molar-refractivity contribution in [1.29, 1.82) is 0 Å². The summed E-state index contributed by atoms with van der Waals surface area (Å²) < 4.78 is 5.00. The maximum absolute atomic E-state index is 10.2. The van der Waals surface area contributed by atoms with Crippen LogP contribution in [0.2, 0.25) is 0 Å². The van der Waals surface area contributed by atoms with Crippen LogP contribution in [0, 0.1) is 5.92 Å². The topological polar surface area (TPSA) is 29.5 Å². The number of nitrogens with zero attached hydrogens (tertiary/aromatic N) is 1. The molecule has 0 aromatic heterocycles. The van der Waals surface area contributed by atoms with Crippen molar-refractivity contribution in [2.45, 2.75) is 20.3 Å². The Balaban J connectivity index is 3.65. The van der Waals surface area contributed by atoms with Crippen LogP contribution in [0.5, 0.6) is 0 Å². The molecule has 0 fully saturated rings. The second-order valence-electron chi connectivity index (χ2n) is 3.64. The molecular weight excluding hydrogens is 166 g/mol. The van der Waals surface area contributed by atoms with Crippen molar-refractivity contribution in [3.8, 4) is 0 Å². The Morgan fingerprint density at radius 1 is 1.38 bits per heavy atom. The molecule has 0 rings (SSSR count). The van der Waals surface area contributed by atoms with Gasteiger partial charge in [-0.15, -0.1) is 0 Å². The van der Waals surface area contributed by atoms with E-state index in [9.17, 15) is 4.79 Å². The van der Waals surface area contributed by atoms with Crippen molar-refractivity contribution in [2.24, 2.45) is 5.92 Å². The predicted molar refractivity (Wildman–Crippen MR) is 53.8 cm³/mol. The molecule has 0 saturated heterocycles. The first-order chi connectivity index (χ1) is 6.20. The van der Waals surface area contributed by atoms with Gasteiger partial charge in [0.1, 0.15) is 6.29 Å². The second-order valence-corrected chi connectivity index (χ2v) is 3.64. The van der Waals surface area contributed by atoms with E-state index in [2.05, 4.69) is 18.7 Å². The Labute approximate surface area is 81.1 Å².